The number of guanidine groups is 1. The Hall–Kier alpha value is -1.30. The average Bonchev–Trinajstić information content (AvgIpc) is 3.24. The number of aromatic nitrogens is 1. The quantitative estimate of drug-likeness (QED) is 0.490. The second-order valence-corrected chi connectivity index (χ2v) is 10.5. The van der Waals surface area contributed by atoms with Crippen LogP contribution >= 0.6 is 11.8 Å². The van der Waals surface area contributed by atoms with Crippen LogP contribution in [0.15, 0.2) is 21.8 Å². The van der Waals surface area contributed by atoms with E-state index in [1.807, 2.05) is 18.7 Å². The first-order valence-electron chi connectivity index (χ1n) is 10.0. The van der Waals surface area contributed by atoms with E-state index in [9.17, 15) is 8.42 Å². The summed E-state index contributed by atoms with van der Waals surface area (Å²) in [6.07, 6.45) is 5.55. The topological polar surface area (TPSA) is 100 Å². The molecule has 11 heteroatoms. The summed E-state index contributed by atoms with van der Waals surface area (Å²) in [5.41, 5.74) is 0.432. The lowest BCUT2D eigenvalue weighted by atomic mass is 9.99. The molecule has 0 unspecified atom stereocenters. The Balaban J connectivity index is 1.60. The van der Waals surface area contributed by atoms with Gasteiger partial charge in [0.25, 0.3) is 0 Å². The molecule has 2 aliphatic rings. The molecule has 1 N–H and O–H groups in total. The van der Waals surface area contributed by atoms with Crippen LogP contribution in [0.25, 0.3) is 0 Å². The Kier molecular flexibility index (Phi) is 7.83. The summed E-state index contributed by atoms with van der Waals surface area (Å²) in [4.78, 5) is 7.07. The number of ether oxygens (including phenoxy) is 1. The van der Waals surface area contributed by atoms with Crippen molar-refractivity contribution in [2.75, 3.05) is 58.7 Å². The predicted molar refractivity (Wildman–Crippen MR) is 115 cm³/mol. The Morgan fingerprint density at radius 1 is 1.31 bits per heavy atom. The smallest absolute Gasteiger partial charge is 0.220 e. The first-order chi connectivity index (χ1) is 14.0. The van der Waals surface area contributed by atoms with E-state index in [0.717, 1.165) is 45.1 Å². The summed E-state index contributed by atoms with van der Waals surface area (Å²) in [6.45, 7) is 7.23. The zero-order valence-electron chi connectivity index (χ0n) is 17.2. The van der Waals surface area contributed by atoms with E-state index in [0.29, 0.717) is 31.9 Å². The first kappa shape index (κ1) is 22.4. The Bertz CT molecular complexity index is 755. The van der Waals surface area contributed by atoms with E-state index < -0.39 is 10.0 Å². The molecule has 164 valence electrons. The molecule has 0 atom stereocenters. The highest BCUT2D eigenvalue weighted by Crippen LogP contribution is 2.34. The minimum atomic E-state index is -3.40. The van der Waals surface area contributed by atoms with Gasteiger partial charge in [-0.15, -0.1) is 0 Å². The monoisotopic (exact) mass is 445 g/mol. The van der Waals surface area contributed by atoms with Crippen molar-refractivity contribution >= 4 is 27.7 Å². The molecule has 0 bridgehead atoms. The van der Waals surface area contributed by atoms with Gasteiger partial charge >= 0.3 is 0 Å². The molecule has 2 aliphatic heterocycles. The van der Waals surface area contributed by atoms with Gasteiger partial charge in [-0.3, -0.25) is 4.99 Å². The molecule has 0 aromatic carbocycles. The maximum atomic E-state index is 12.6. The maximum Gasteiger partial charge on any atom is 0.220 e. The number of nitrogens with zero attached hydrogens (tertiary/aromatic N) is 4. The van der Waals surface area contributed by atoms with E-state index in [1.54, 1.807) is 6.07 Å². The van der Waals surface area contributed by atoms with E-state index >= 15 is 0 Å². The van der Waals surface area contributed by atoms with Crippen LogP contribution in [-0.2, 0) is 20.5 Å². The molecular weight excluding hydrogens is 414 g/mol. The molecular formula is C18H31N5O4S2. The molecule has 3 rings (SSSR count). The van der Waals surface area contributed by atoms with Gasteiger partial charge in [0.1, 0.15) is 12.0 Å². The van der Waals surface area contributed by atoms with Crippen molar-refractivity contribution < 1.29 is 17.7 Å². The molecule has 0 spiro atoms. The predicted octanol–water partition coefficient (Wildman–Crippen LogP) is 1.000. The standard InChI is InChI=1S/C18H31N5O4S2/c1-3-19-17(20-15-18(28-2)5-12-26-13-6-18)22-7-9-23(10-8-22)29(24,25)14-16-4-11-27-21-16/h4,11H,3,5-10,12-15H2,1-2H3,(H,19,20). The average molecular weight is 446 g/mol. The Labute approximate surface area is 177 Å². The largest absolute Gasteiger partial charge is 0.381 e. The van der Waals surface area contributed by atoms with Gasteiger partial charge in [-0.05, 0) is 26.0 Å². The van der Waals surface area contributed by atoms with Gasteiger partial charge in [0, 0.05) is 56.8 Å². The van der Waals surface area contributed by atoms with Crippen LogP contribution in [-0.4, -0.2) is 92.2 Å². The molecule has 2 saturated heterocycles. The Morgan fingerprint density at radius 3 is 2.62 bits per heavy atom. The lowest BCUT2D eigenvalue weighted by molar-refractivity contribution is 0.0793. The molecule has 29 heavy (non-hydrogen) atoms. The fourth-order valence-electron chi connectivity index (χ4n) is 3.58. The minimum absolute atomic E-state index is 0.127. The summed E-state index contributed by atoms with van der Waals surface area (Å²) < 4.78 is 37.2. The van der Waals surface area contributed by atoms with Crippen LogP contribution in [0.5, 0.6) is 0 Å². The fourth-order valence-corrected chi connectivity index (χ4v) is 5.78. The maximum absolute atomic E-state index is 12.6. The highest BCUT2D eigenvalue weighted by Gasteiger charge is 2.33. The van der Waals surface area contributed by atoms with Crippen LogP contribution in [0.2, 0.25) is 0 Å². The van der Waals surface area contributed by atoms with Gasteiger partial charge in [-0.2, -0.15) is 16.1 Å². The van der Waals surface area contributed by atoms with Crippen molar-refractivity contribution in [1.29, 1.82) is 0 Å². The summed E-state index contributed by atoms with van der Waals surface area (Å²) in [5, 5.41) is 7.08. The number of piperazine rings is 1. The number of thioether (sulfide) groups is 1. The second-order valence-electron chi connectivity index (χ2n) is 7.30. The van der Waals surface area contributed by atoms with Crippen molar-refractivity contribution in [2.24, 2.45) is 4.99 Å². The zero-order chi connectivity index (χ0) is 20.7. The highest BCUT2D eigenvalue weighted by atomic mass is 32.2. The molecule has 0 radical (unpaired) electrons. The molecule has 0 aliphatic carbocycles. The molecule has 2 fully saturated rings. The summed E-state index contributed by atoms with van der Waals surface area (Å²) in [6, 6.07) is 1.58. The Morgan fingerprint density at radius 2 is 2.03 bits per heavy atom. The van der Waals surface area contributed by atoms with Crippen molar-refractivity contribution in [1.82, 2.24) is 19.7 Å². The third-order valence-electron chi connectivity index (χ3n) is 5.44. The zero-order valence-corrected chi connectivity index (χ0v) is 18.8. The van der Waals surface area contributed by atoms with Crippen molar-refractivity contribution in [2.45, 2.75) is 30.3 Å². The number of hydrogen-bond acceptors (Lipinski definition) is 7. The van der Waals surface area contributed by atoms with Crippen LogP contribution in [0.4, 0.5) is 0 Å². The van der Waals surface area contributed by atoms with Gasteiger partial charge in [0.05, 0.1) is 12.2 Å². The molecule has 1 aromatic rings. The van der Waals surface area contributed by atoms with Gasteiger partial charge in [-0.1, -0.05) is 5.16 Å². The minimum Gasteiger partial charge on any atom is -0.381 e. The van der Waals surface area contributed by atoms with Gasteiger partial charge in [0.2, 0.25) is 10.0 Å². The SMILES string of the molecule is CCNC(=NCC1(SC)CCOCC1)N1CCN(S(=O)(=O)Cc2ccon2)CC1. The molecule has 1 aromatic heterocycles. The lowest BCUT2D eigenvalue weighted by Crippen LogP contribution is -2.54. The highest BCUT2D eigenvalue weighted by molar-refractivity contribution is 8.00. The van der Waals surface area contributed by atoms with Crippen molar-refractivity contribution in [3.63, 3.8) is 0 Å². The van der Waals surface area contributed by atoms with E-state index in [-0.39, 0.29) is 10.5 Å². The summed E-state index contributed by atoms with van der Waals surface area (Å²) >= 11 is 1.87. The number of nitrogens with one attached hydrogen (secondary N) is 1. The number of rotatable bonds is 7. The molecule has 0 saturated carbocycles. The third kappa shape index (κ3) is 5.87. The van der Waals surface area contributed by atoms with Crippen molar-refractivity contribution in [3.8, 4) is 0 Å². The number of sulfonamides is 1. The second kappa shape index (κ2) is 10.1. The van der Waals surface area contributed by atoms with E-state index in [2.05, 4.69) is 21.6 Å². The van der Waals surface area contributed by atoms with Crippen molar-refractivity contribution in [3.05, 3.63) is 18.0 Å². The van der Waals surface area contributed by atoms with Gasteiger partial charge in [-0.25, -0.2) is 8.42 Å². The summed E-state index contributed by atoms with van der Waals surface area (Å²) in [7, 11) is -3.40. The lowest BCUT2D eigenvalue weighted by Gasteiger charge is -2.37. The van der Waals surface area contributed by atoms with Crippen LogP contribution in [0.3, 0.4) is 0 Å². The van der Waals surface area contributed by atoms with Crippen LogP contribution in [0.1, 0.15) is 25.5 Å². The van der Waals surface area contributed by atoms with Gasteiger partial charge in [0.15, 0.2) is 5.96 Å². The number of hydrogen-bond donors (Lipinski definition) is 1. The third-order valence-corrected chi connectivity index (χ3v) is 8.66. The van der Waals surface area contributed by atoms with Crippen LogP contribution < -0.4 is 5.32 Å². The normalized spacial score (nSPS) is 21.3. The molecule has 3 heterocycles. The fraction of sp³-hybridized carbons (Fsp3) is 0.778. The van der Waals surface area contributed by atoms with E-state index in [4.69, 9.17) is 14.3 Å². The van der Waals surface area contributed by atoms with Crippen LogP contribution in [0, 0.1) is 0 Å². The number of aliphatic imine (C=N–C) groups is 1. The summed E-state index contributed by atoms with van der Waals surface area (Å²) in [5.74, 6) is 0.733. The molecule has 0 amide bonds. The van der Waals surface area contributed by atoms with Gasteiger partial charge < -0.3 is 19.5 Å². The first-order valence-corrected chi connectivity index (χ1v) is 12.8. The molecule has 9 nitrogen and oxygen atoms in total. The van der Waals surface area contributed by atoms with E-state index in [1.165, 1.54) is 10.6 Å².